The number of benzene rings is 1. The fourth-order valence-electron chi connectivity index (χ4n) is 1.14. The Hall–Kier alpha value is -1.03. The predicted molar refractivity (Wildman–Crippen MR) is 55.1 cm³/mol. The van der Waals surface area contributed by atoms with Crippen LogP contribution in [0, 0.1) is 22.9 Å². The highest BCUT2D eigenvalue weighted by Gasteiger charge is 2.29. The molecule has 1 aromatic rings. The van der Waals surface area contributed by atoms with Crippen LogP contribution in [0.3, 0.4) is 0 Å². The Balaban J connectivity index is 3.21. The molecule has 0 aromatic heterocycles. The minimum atomic E-state index is -1.58. The minimum Gasteiger partial charge on any atom is -0.294 e. The van der Waals surface area contributed by atoms with Crippen molar-refractivity contribution in [1.29, 1.82) is 0 Å². The lowest BCUT2D eigenvalue weighted by Gasteiger charge is -2.19. The van der Waals surface area contributed by atoms with Crippen LogP contribution in [0.5, 0.6) is 0 Å². The summed E-state index contributed by atoms with van der Waals surface area (Å²) in [5.41, 5.74) is -1.17. The molecule has 0 heterocycles. The van der Waals surface area contributed by atoms with E-state index in [2.05, 4.69) is 0 Å². The molecule has 88 valence electrons. The average molecular weight is 251 g/mol. The van der Waals surface area contributed by atoms with Crippen molar-refractivity contribution in [2.24, 2.45) is 5.41 Å². The molecular formula is C11H10ClF3O. The van der Waals surface area contributed by atoms with Gasteiger partial charge in [-0.2, -0.15) is 0 Å². The molecule has 0 fully saturated rings. The first-order chi connectivity index (χ1) is 7.29. The van der Waals surface area contributed by atoms with Crippen molar-refractivity contribution >= 4 is 17.4 Å². The molecule has 0 aliphatic heterocycles. The van der Waals surface area contributed by atoms with Crippen LogP contribution >= 0.6 is 11.6 Å². The molecular weight excluding hydrogens is 241 g/mol. The normalized spacial score (nSPS) is 11.6. The molecule has 0 spiro atoms. The summed E-state index contributed by atoms with van der Waals surface area (Å²) in [4.78, 5) is 11.8. The van der Waals surface area contributed by atoms with Gasteiger partial charge in [0, 0.05) is 16.9 Å². The van der Waals surface area contributed by atoms with Crippen LogP contribution in [0.15, 0.2) is 12.1 Å². The largest absolute Gasteiger partial charge is 0.294 e. The standard InChI is InChI=1S/C11H10ClF3O/c1-11(2,5-12)10(16)6-3-7(13)9(15)8(14)4-6/h3-4H,5H2,1-2H3. The zero-order valence-electron chi connectivity index (χ0n) is 8.78. The summed E-state index contributed by atoms with van der Waals surface area (Å²) in [7, 11) is 0. The molecule has 0 saturated carbocycles. The third kappa shape index (κ3) is 2.38. The quantitative estimate of drug-likeness (QED) is 0.455. The van der Waals surface area contributed by atoms with Crippen LogP contribution < -0.4 is 0 Å². The van der Waals surface area contributed by atoms with Crippen LogP contribution in [0.1, 0.15) is 24.2 Å². The molecule has 0 bridgehead atoms. The van der Waals surface area contributed by atoms with Gasteiger partial charge in [0.15, 0.2) is 23.2 Å². The van der Waals surface area contributed by atoms with Gasteiger partial charge in [0.1, 0.15) is 0 Å². The van der Waals surface area contributed by atoms with Gasteiger partial charge in [-0.3, -0.25) is 4.79 Å². The average Bonchev–Trinajstić information content (AvgIpc) is 2.24. The van der Waals surface area contributed by atoms with Crippen molar-refractivity contribution in [2.75, 3.05) is 5.88 Å². The minimum absolute atomic E-state index is 0.00640. The van der Waals surface area contributed by atoms with Crippen molar-refractivity contribution in [3.63, 3.8) is 0 Å². The number of carbonyl (C=O) groups excluding carboxylic acids is 1. The molecule has 0 saturated heterocycles. The zero-order chi connectivity index (χ0) is 12.5. The Bertz CT molecular complexity index is 406. The van der Waals surface area contributed by atoms with Gasteiger partial charge in [-0.05, 0) is 12.1 Å². The van der Waals surface area contributed by atoms with Crippen LogP contribution in [0.25, 0.3) is 0 Å². The molecule has 16 heavy (non-hydrogen) atoms. The molecule has 1 aromatic carbocycles. The van der Waals surface area contributed by atoms with E-state index >= 15 is 0 Å². The lowest BCUT2D eigenvalue weighted by molar-refractivity contribution is 0.0861. The van der Waals surface area contributed by atoms with E-state index in [1.807, 2.05) is 0 Å². The summed E-state index contributed by atoms with van der Waals surface area (Å²) < 4.78 is 38.4. The Labute approximate surface area is 96.2 Å². The number of Topliss-reactive ketones (excluding diaryl/α,β-unsaturated/α-hetero) is 1. The van der Waals surface area contributed by atoms with Gasteiger partial charge in [-0.15, -0.1) is 11.6 Å². The topological polar surface area (TPSA) is 17.1 Å². The Morgan fingerprint density at radius 1 is 1.25 bits per heavy atom. The molecule has 0 N–H and O–H groups in total. The summed E-state index contributed by atoms with van der Waals surface area (Å²) in [5, 5.41) is 0. The second-order valence-corrected chi connectivity index (χ2v) is 4.37. The summed E-state index contributed by atoms with van der Waals surface area (Å²) in [6.07, 6.45) is 0. The fourth-order valence-corrected chi connectivity index (χ4v) is 1.26. The molecule has 1 nitrogen and oxygen atoms in total. The van der Waals surface area contributed by atoms with E-state index in [9.17, 15) is 18.0 Å². The van der Waals surface area contributed by atoms with Crippen molar-refractivity contribution < 1.29 is 18.0 Å². The van der Waals surface area contributed by atoms with E-state index in [0.29, 0.717) is 12.1 Å². The summed E-state index contributed by atoms with van der Waals surface area (Å²) in [6, 6.07) is 1.35. The highest BCUT2D eigenvalue weighted by Crippen LogP contribution is 2.25. The number of ketones is 1. The van der Waals surface area contributed by atoms with Crippen molar-refractivity contribution in [3.8, 4) is 0 Å². The number of halogens is 4. The third-order valence-electron chi connectivity index (χ3n) is 2.19. The first-order valence-corrected chi connectivity index (χ1v) is 5.08. The lowest BCUT2D eigenvalue weighted by Crippen LogP contribution is -2.26. The molecule has 0 aliphatic carbocycles. The highest BCUT2D eigenvalue weighted by atomic mass is 35.5. The van der Waals surface area contributed by atoms with Crippen LogP contribution in [-0.2, 0) is 0 Å². The van der Waals surface area contributed by atoms with Gasteiger partial charge in [0.05, 0.1) is 0 Å². The van der Waals surface area contributed by atoms with Gasteiger partial charge >= 0.3 is 0 Å². The maximum atomic E-state index is 12.9. The third-order valence-corrected chi connectivity index (χ3v) is 2.86. The SMILES string of the molecule is CC(C)(CCl)C(=O)c1cc(F)c(F)c(F)c1. The van der Waals surface area contributed by atoms with Crippen molar-refractivity contribution in [3.05, 3.63) is 35.1 Å². The van der Waals surface area contributed by atoms with E-state index < -0.39 is 28.6 Å². The Morgan fingerprint density at radius 3 is 2.06 bits per heavy atom. The van der Waals surface area contributed by atoms with E-state index in [1.165, 1.54) is 0 Å². The van der Waals surface area contributed by atoms with Crippen molar-refractivity contribution in [2.45, 2.75) is 13.8 Å². The van der Waals surface area contributed by atoms with E-state index in [0.717, 1.165) is 0 Å². The van der Waals surface area contributed by atoms with E-state index in [4.69, 9.17) is 11.6 Å². The molecule has 0 unspecified atom stereocenters. The van der Waals surface area contributed by atoms with Crippen molar-refractivity contribution in [1.82, 2.24) is 0 Å². The molecule has 1 rings (SSSR count). The summed E-state index contributed by atoms with van der Waals surface area (Å²) >= 11 is 5.57. The number of carbonyl (C=O) groups is 1. The smallest absolute Gasteiger partial charge is 0.194 e. The molecule has 0 amide bonds. The van der Waals surface area contributed by atoms with E-state index in [1.54, 1.807) is 13.8 Å². The number of alkyl halides is 1. The number of hydrogen-bond donors (Lipinski definition) is 0. The maximum absolute atomic E-state index is 12.9. The Morgan fingerprint density at radius 2 is 1.69 bits per heavy atom. The van der Waals surface area contributed by atoms with Gasteiger partial charge in [0.25, 0.3) is 0 Å². The monoisotopic (exact) mass is 250 g/mol. The lowest BCUT2D eigenvalue weighted by atomic mass is 9.86. The number of hydrogen-bond acceptors (Lipinski definition) is 1. The highest BCUT2D eigenvalue weighted by molar-refractivity contribution is 6.20. The summed E-state index contributed by atoms with van der Waals surface area (Å²) in [6.45, 7) is 3.09. The first-order valence-electron chi connectivity index (χ1n) is 4.55. The number of rotatable bonds is 3. The first kappa shape index (κ1) is 13.0. The molecule has 5 heteroatoms. The van der Waals surface area contributed by atoms with Gasteiger partial charge in [-0.1, -0.05) is 13.8 Å². The van der Waals surface area contributed by atoms with Gasteiger partial charge in [-0.25, -0.2) is 13.2 Å². The summed E-state index contributed by atoms with van der Waals surface area (Å²) in [5.74, 6) is -4.87. The second kappa shape index (κ2) is 4.45. The molecule has 0 aliphatic rings. The van der Waals surface area contributed by atoms with E-state index in [-0.39, 0.29) is 11.4 Å². The molecule has 0 radical (unpaired) electrons. The predicted octanol–water partition coefficient (Wildman–Crippen LogP) is 3.55. The van der Waals surface area contributed by atoms with Crippen LogP contribution in [0.2, 0.25) is 0 Å². The van der Waals surface area contributed by atoms with Crippen LogP contribution in [0.4, 0.5) is 13.2 Å². The van der Waals surface area contributed by atoms with Gasteiger partial charge in [0.2, 0.25) is 0 Å². The van der Waals surface area contributed by atoms with Crippen LogP contribution in [-0.4, -0.2) is 11.7 Å². The maximum Gasteiger partial charge on any atom is 0.194 e. The zero-order valence-corrected chi connectivity index (χ0v) is 9.54. The second-order valence-electron chi connectivity index (χ2n) is 4.10. The Kier molecular flexibility index (Phi) is 3.63. The fraction of sp³-hybridized carbons (Fsp3) is 0.364. The van der Waals surface area contributed by atoms with Gasteiger partial charge < -0.3 is 0 Å². The molecule has 0 atom stereocenters.